The number of carbonyl (C=O) groups is 1. The van der Waals surface area contributed by atoms with E-state index in [1.165, 1.54) is 257 Å². The Bertz CT molecular complexity index is 1930. The molecule has 17 unspecified atom stereocenters. The minimum absolute atomic E-state index is 0.236. The molecule has 0 aromatic rings. The van der Waals surface area contributed by atoms with Crippen molar-refractivity contribution in [2.75, 3.05) is 26.4 Å². The summed E-state index contributed by atoms with van der Waals surface area (Å²) in [6.07, 6.45) is 48.7. The fourth-order valence-corrected chi connectivity index (χ4v) is 13.9. The van der Waals surface area contributed by atoms with Gasteiger partial charge in [-0.3, -0.25) is 4.79 Å². The summed E-state index contributed by atoms with van der Waals surface area (Å²) in [5, 5.41) is 121. The Morgan fingerprint density at radius 3 is 1.01 bits per heavy atom. The maximum Gasteiger partial charge on any atom is 0.220 e. The van der Waals surface area contributed by atoms with E-state index < -0.39 is 124 Å². The fourth-order valence-electron chi connectivity index (χ4n) is 13.9. The minimum Gasteiger partial charge on any atom is -0.394 e. The summed E-state index contributed by atoms with van der Waals surface area (Å²) >= 11 is 0. The number of hydrogen-bond donors (Lipinski definition) is 12. The molecule has 19 nitrogen and oxygen atoms in total. The molecular formula is C80H149NO18. The first-order chi connectivity index (χ1) is 48.3. The summed E-state index contributed by atoms with van der Waals surface area (Å²) in [7, 11) is 0. The maximum absolute atomic E-state index is 13.5. The number of aliphatic hydroxyl groups excluding tert-OH is 11. The van der Waals surface area contributed by atoms with Gasteiger partial charge in [0.05, 0.1) is 38.6 Å². The average molecular weight is 1410 g/mol. The average Bonchev–Trinajstić information content (AvgIpc) is 0.784. The largest absolute Gasteiger partial charge is 0.394 e. The van der Waals surface area contributed by atoms with Crippen molar-refractivity contribution in [3.05, 3.63) is 36.5 Å². The predicted molar refractivity (Wildman–Crippen MR) is 393 cm³/mol. The summed E-state index contributed by atoms with van der Waals surface area (Å²) in [4.78, 5) is 13.5. The Balaban J connectivity index is 1.36. The van der Waals surface area contributed by atoms with Gasteiger partial charge >= 0.3 is 0 Å². The number of amides is 1. The van der Waals surface area contributed by atoms with E-state index in [2.05, 4.69) is 43.5 Å². The quantitative estimate of drug-likeness (QED) is 0.0199. The van der Waals surface area contributed by atoms with Crippen LogP contribution in [0.1, 0.15) is 335 Å². The third-order valence-corrected chi connectivity index (χ3v) is 20.4. The molecule has 3 aliphatic rings. The van der Waals surface area contributed by atoms with Crippen LogP contribution < -0.4 is 5.32 Å². The third kappa shape index (κ3) is 41.5. The Labute approximate surface area is 600 Å². The molecule has 3 heterocycles. The zero-order chi connectivity index (χ0) is 71.8. The zero-order valence-corrected chi connectivity index (χ0v) is 62.2. The first-order valence-electron chi connectivity index (χ1n) is 40.7. The molecule has 582 valence electrons. The van der Waals surface area contributed by atoms with Gasteiger partial charge in [-0.15, -0.1) is 0 Å². The van der Waals surface area contributed by atoms with Crippen molar-refractivity contribution in [3.63, 3.8) is 0 Å². The fraction of sp³-hybridized carbons (Fsp3) is 0.912. The molecule has 0 aliphatic carbocycles. The van der Waals surface area contributed by atoms with E-state index in [1.807, 2.05) is 6.08 Å². The lowest BCUT2D eigenvalue weighted by atomic mass is 9.96. The Morgan fingerprint density at radius 1 is 0.354 bits per heavy atom. The highest BCUT2D eigenvalue weighted by molar-refractivity contribution is 5.76. The lowest BCUT2D eigenvalue weighted by Crippen LogP contribution is -2.66. The smallest absolute Gasteiger partial charge is 0.220 e. The lowest BCUT2D eigenvalue weighted by molar-refractivity contribution is -0.379. The molecule has 0 aromatic carbocycles. The van der Waals surface area contributed by atoms with Crippen LogP contribution in [0.5, 0.6) is 0 Å². The Kier molecular flexibility index (Phi) is 56.4. The van der Waals surface area contributed by atoms with Gasteiger partial charge in [0.15, 0.2) is 18.9 Å². The SMILES string of the molecule is CCCCCCCCCCCCC/C=C/CC/C=C/CC/C=C/C(O)C(COC1OC(CO)C(OC2OC(CO)C(OC3OC(CO)C(O)C(O)C3O)C(O)C2O)C(O)C1O)NC(=O)CCCCCCCCCCCCCCCCCCCCCCCCCCCCCCCCCCC. The molecule has 99 heavy (non-hydrogen) atoms. The van der Waals surface area contributed by atoms with Gasteiger partial charge in [-0.25, -0.2) is 0 Å². The number of nitrogens with one attached hydrogen (secondary N) is 1. The summed E-state index contributed by atoms with van der Waals surface area (Å²) in [6, 6.07) is -0.996. The second-order valence-electron chi connectivity index (χ2n) is 29.2. The highest BCUT2D eigenvalue weighted by Crippen LogP contribution is 2.33. The van der Waals surface area contributed by atoms with Crippen molar-refractivity contribution in [3.8, 4) is 0 Å². The van der Waals surface area contributed by atoms with Crippen LogP contribution in [-0.2, 0) is 33.2 Å². The number of allylic oxidation sites excluding steroid dienone is 5. The highest BCUT2D eigenvalue weighted by Gasteiger charge is 2.54. The van der Waals surface area contributed by atoms with Crippen LogP contribution in [0.4, 0.5) is 0 Å². The molecule has 17 atom stereocenters. The van der Waals surface area contributed by atoms with Gasteiger partial charge in [-0.1, -0.05) is 320 Å². The van der Waals surface area contributed by atoms with E-state index in [9.17, 15) is 61.0 Å². The van der Waals surface area contributed by atoms with Crippen molar-refractivity contribution in [1.29, 1.82) is 0 Å². The van der Waals surface area contributed by atoms with E-state index >= 15 is 0 Å². The summed E-state index contributed by atoms with van der Waals surface area (Å²) < 4.78 is 34.4. The third-order valence-electron chi connectivity index (χ3n) is 20.4. The second kappa shape index (κ2) is 61.2. The highest BCUT2D eigenvalue weighted by atomic mass is 16.8. The molecular weight excluding hydrogens is 1260 g/mol. The van der Waals surface area contributed by atoms with Crippen molar-refractivity contribution in [2.45, 2.75) is 439 Å². The summed E-state index contributed by atoms with van der Waals surface area (Å²) in [5.41, 5.74) is 0. The lowest BCUT2D eigenvalue weighted by Gasteiger charge is -2.48. The minimum atomic E-state index is -1.98. The zero-order valence-electron chi connectivity index (χ0n) is 62.2. The standard InChI is InChI=1S/C80H149NO18/c1-3-5-7-9-11-13-15-17-19-21-23-25-26-27-28-29-30-31-32-33-34-35-36-38-40-42-44-46-48-50-52-54-56-58-68(86)81-63(64(85)57-55-53-51-49-47-45-43-41-39-37-24-22-20-18-16-14-12-10-8-6-4-2)62-94-78-74(92)71(89)76(66(60-83)96-78)99-80-75(93)72(90)77(67(61-84)97-80)98-79-73(91)70(88)69(87)65(59-82)95-79/h39,41,47,49,55,57,63-67,69-80,82-85,87-93H,3-38,40,42-46,48,50-54,56,58-62H2,1-2H3,(H,81,86)/b41-39+,49-47+,57-55+. The molecule has 3 fully saturated rings. The number of hydrogen-bond acceptors (Lipinski definition) is 18. The number of unbranched alkanes of at least 4 members (excludes halogenated alkanes) is 45. The molecule has 0 spiro atoms. The predicted octanol–water partition coefficient (Wildman–Crippen LogP) is 13.5. The van der Waals surface area contributed by atoms with E-state index in [-0.39, 0.29) is 18.9 Å². The first-order valence-corrected chi connectivity index (χ1v) is 40.7. The summed E-state index contributed by atoms with van der Waals surface area (Å²) in [6.45, 7) is 1.76. The van der Waals surface area contributed by atoms with Gasteiger partial charge in [0, 0.05) is 6.42 Å². The maximum atomic E-state index is 13.5. The molecule has 3 saturated heterocycles. The first kappa shape index (κ1) is 91.2. The van der Waals surface area contributed by atoms with Crippen LogP contribution in [0, 0.1) is 0 Å². The molecule has 0 bridgehead atoms. The van der Waals surface area contributed by atoms with Gasteiger partial charge < -0.3 is 89.9 Å². The number of ether oxygens (including phenoxy) is 6. The van der Waals surface area contributed by atoms with Crippen molar-refractivity contribution >= 4 is 5.91 Å². The van der Waals surface area contributed by atoms with E-state index in [0.717, 1.165) is 44.9 Å². The van der Waals surface area contributed by atoms with Crippen LogP contribution in [0.2, 0.25) is 0 Å². The van der Waals surface area contributed by atoms with Crippen LogP contribution in [0.25, 0.3) is 0 Å². The van der Waals surface area contributed by atoms with Crippen molar-refractivity contribution in [1.82, 2.24) is 5.32 Å². The van der Waals surface area contributed by atoms with E-state index in [1.54, 1.807) is 6.08 Å². The Hall–Kier alpha value is -1.99. The molecule has 0 radical (unpaired) electrons. The number of carbonyl (C=O) groups excluding carboxylic acids is 1. The molecule has 12 N–H and O–H groups in total. The van der Waals surface area contributed by atoms with Gasteiger partial charge in [0.2, 0.25) is 5.91 Å². The molecule has 0 aromatic heterocycles. The second-order valence-corrected chi connectivity index (χ2v) is 29.2. The molecule has 3 rings (SSSR count). The van der Waals surface area contributed by atoms with Gasteiger partial charge in [-0.05, 0) is 44.9 Å². The summed E-state index contributed by atoms with van der Waals surface area (Å²) in [5.74, 6) is -0.283. The number of rotatable bonds is 65. The topological polar surface area (TPSA) is 307 Å². The van der Waals surface area contributed by atoms with Crippen molar-refractivity contribution in [2.24, 2.45) is 0 Å². The molecule has 3 aliphatic heterocycles. The Morgan fingerprint density at radius 2 is 0.646 bits per heavy atom. The molecule has 1 amide bonds. The van der Waals surface area contributed by atoms with Crippen LogP contribution >= 0.6 is 0 Å². The van der Waals surface area contributed by atoms with Crippen LogP contribution in [-0.4, -0.2) is 193 Å². The molecule has 19 heteroatoms. The molecule has 0 saturated carbocycles. The normalized spacial score (nSPS) is 26.7. The monoisotopic (exact) mass is 1410 g/mol. The van der Waals surface area contributed by atoms with E-state index in [0.29, 0.717) is 12.8 Å². The van der Waals surface area contributed by atoms with Gasteiger partial charge in [-0.2, -0.15) is 0 Å². The van der Waals surface area contributed by atoms with Gasteiger partial charge in [0.1, 0.15) is 73.2 Å². The van der Waals surface area contributed by atoms with Crippen LogP contribution in [0.15, 0.2) is 36.5 Å². The van der Waals surface area contributed by atoms with E-state index in [4.69, 9.17) is 28.4 Å². The van der Waals surface area contributed by atoms with Crippen molar-refractivity contribution < 1.29 is 89.4 Å². The number of aliphatic hydroxyl groups is 11. The van der Waals surface area contributed by atoms with Gasteiger partial charge in [0.25, 0.3) is 0 Å². The van der Waals surface area contributed by atoms with Crippen LogP contribution in [0.3, 0.4) is 0 Å².